The molecule has 6 nitrogen and oxygen atoms in total. The van der Waals surface area contributed by atoms with Gasteiger partial charge in [0.1, 0.15) is 0 Å². The quantitative estimate of drug-likeness (QED) is 0.682. The van der Waals surface area contributed by atoms with E-state index in [9.17, 15) is 14.4 Å². The van der Waals surface area contributed by atoms with Crippen molar-refractivity contribution in [1.29, 1.82) is 0 Å². The van der Waals surface area contributed by atoms with E-state index in [2.05, 4.69) is 10.6 Å². The first-order valence-electron chi connectivity index (χ1n) is 7.13. The third-order valence-electron chi connectivity index (χ3n) is 4.97. The first kappa shape index (κ1) is 24.4. The van der Waals surface area contributed by atoms with E-state index >= 15 is 0 Å². The molecule has 22 heavy (non-hydrogen) atoms. The first-order chi connectivity index (χ1) is 9.26. The number of hydrogen-bond acceptors (Lipinski definition) is 6. The number of carbonyl (C=O) groups is 3. The molecule has 0 atom stereocenters. The Balaban J connectivity index is 0. The molecule has 9 heteroatoms. The Morgan fingerprint density at radius 2 is 1.09 bits per heavy atom. The molecule has 0 spiro atoms. The maximum absolute atomic E-state index is 12.4. The van der Waals surface area contributed by atoms with Crippen LogP contribution in [0.3, 0.4) is 0 Å². The van der Waals surface area contributed by atoms with Crippen molar-refractivity contribution < 1.29 is 29.9 Å². The van der Waals surface area contributed by atoms with E-state index in [1.165, 1.54) is 20.8 Å². The topological polar surface area (TPSA) is 78.5 Å². The van der Waals surface area contributed by atoms with Gasteiger partial charge in [-0.1, -0.05) is 0 Å². The summed E-state index contributed by atoms with van der Waals surface area (Å²) in [5.41, 5.74) is 0. The van der Waals surface area contributed by atoms with Gasteiger partial charge in [0, 0.05) is 0 Å². The molecule has 1 rings (SSSR count). The second kappa shape index (κ2) is 9.47. The Morgan fingerprint density at radius 1 is 0.773 bits per heavy atom. The minimum atomic E-state index is -4.69. The number of rotatable bonds is 4. The van der Waals surface area contributed by atoms with E-state index in [-0.39, 0.29) is 37.1 Å². The first-order valence-corrected chi connectivity index (χ1v) is 11.7. The van der Waals surface area contributed by atoms with Crippen LogP contribution in [0.4, 0.5) is 0 Å². The van der Waals surface area contributed by atoms with Gasteiger partial charge in [0.05, 0.1) is 0 Å². The summed E-state index contributed by atoms with van der Waals surface area (Å²) in [6.45, 7) is 8.42. The number of halogens is 2. The average Bonchev–Trinajstić information content (AvgIpc) is 2.50. The van der Waals surface area contributed by atoms with Crippen LogP contribution in [0.25, 0.3) is 0 Å². The van der Waals surface area contributed by atoms with Crippen molar-refractivity contribution in [3.63, 3.8) is 0 Å². The SMILES string of the molecule is C[C](=O)[Ti]([CH3])([C](C)=O)([C](C)=O)[N]1CCNCCNCC1.Cl.Cl. The van der Waals surface area contributed by atoms with E-state index in [1.807, 2.05) is 3.38 Å². The standard InChI is InChI=1S/C6H14N3.3C2H3O.CH3.2ClH.Ti/c1-2-8-5-6-9-4-3-7-1;3*1-2-3;;;;/h7-8H,1-6H2;3*1H3;1H3;2*1H;/q-1;;;;;;;+1. The maximum atomic E-state index is 12.4. The molecule has 2 N–H and O–H groups in total. The van der Waals surface area contributed by atoms with E-state index in [0.29, 0.717) is 26.2 Å². The van der Waals surface area contributed by atoms with Gasteiger partial charge in [-0.05, 0) is 0 Å². The zero-order valence-corrected chi connectivity index (χ0v) is 16.9. The van der Waals surface area contributed by atoms with Gasteiger partial charge >= 0.3 is 121 Å². The summed E-state index contributed by atoms with van der Waals surface area (Å²) in [6.07, 6.45) is 0. The van der Waals surface area contributed by atoms with Crippen LogP contribution in [0.2, 0.25) is 5.23 Å². The average molecular weight is 393 g/mol. The van der Waals surface area contributed by atoms with Gasteiger partial charge in [-0.3, -0.25) is 0 Å². The summed E-state index contributed by atoms with van der Waals surface area (Å²) in [5, 5.41) is 8.18. The van der Waals surface area contributed by atoms with Gasteiger partial charge in [-0.2, -0.15) is 0 Å². The molecule has 0 bridgehead atoms. The molecule has 0 radical (unpaired) electrons. The molecular formula is C13H28Cl2N3O3Ti. The van der Waals surface area contributed by atoms with Gasteiger partial charge < -0.3 is 0 Å². The Labute approximate surface area is 146 Å². The van der Waals surface area contributed by atoms with E-state index in [0.717, 1.165) is 13.1 Å². The molecular weight excluding hydrogens is 365 g/mol. The van der Waals surface area contributed by atoms with Crippen LogP contribution in [-0.2, 0) is 29.9 Å². The molecule has 131 valence electrons. The Kier molecular flexibility index (Phi) is 10.5. The summed E-state index contributed by atoms with van der Waals surface area (Å²) in [4.78, 5) is 37.2. The molecule has 1 aliphatic rings. The predicted molar refractivity (Wildman–Crippen MR) is 89.7 cm³/mol. The van der Waals surface area contributed by atoms with Gasteiger partial charge in [-0.15, -0.1) is 24.8 Å². The van der Waals surface area contributed by atoms with Gasteiger partial charge in [0.25, 0.3) is 0 Å². The normalized spacial score (nSPS) is 19.0. The molecule has 0 aromatic rings. The third kappa shape index (κ3) is 3.98. The fourth-order valence-electron chi connectivity index (χ4n) is 2.94. The number of nitrogens with one attached hydrogen (secondary N) is 2. The van der Waals surface area contributed by atoms with E-state index in [4.69, 9.17) is 0 Å². The second-order valence-electron chi connectivity index (χ2n) is 5.84. The van der Waals surface area contributed by atoms with E-state index < -0.39 is 15.6 Å². The number of carbonyl (C=O) groups excluding carboxylic acids is 3. The number of nitrogens with zero attached hydrogens (tertiary/aromatic N) is 1. The summed E-state index contributed by atoms with van der Waals surface area (Å²) in [6, 6.07) is 0. The molecule has 1 saturated heterocycles. The van der Waals surface area contributed by atoms with Crippen molar-refractivity contribution in [3.8, 4) is 0 Å². The van der Waals surface area contributed by atoms with Crippen LogP contribution in [-0.4, -0.2) is 54.9 Å². The smallest absolute Gasteiger partial charge is 0.147 e. The van der Waals surface area contributed by atoms with Crippen LogP contribution < -0.4 is 10.6 Å². The summed E-state index contributed by atoms with van der Waals surface area (Å²) in [5.74, 6) is 0. The molecule has 0 aromatic carbocycles. The van der Waals surface area contributed by atoms with Crippen molar-refractivity contribution >= 4 is 37.1 Å². The molecule has 0 unspecified atom stereocenters. The van der Waals surface area contributed by atoms with Crippen LogP contribution in [0.5, 0.6) is 0 Å². The molecule has 0 aliphatic carbocycles. The zero-order chi connectivity index (χ0) is 15.4. The van der Waals surface area contributed by atoms with Crippen molar-refractivity contribution in [1.82, 2.24) is 14.0 Å². The molecule has 1 aliphatic heterocycles. The molecule has 0 amide bonds. The van der Waals surface area contributed by atoms with Crippen LogP contribution in [0.1, 0.15) is 20.8 Å². The molecule has 0 saturated carbocycles. The second-order valence-corrected chi connectivity index (χ2v) is 15.4. The summed E-state index contributed by atoms with van der Waals surface area (Å²) in [7, 11) is 0. The van der Waals surface area contributed by atoms with Gasteiger partial charge in [0.2, 0.25) is 0 Å². The van der Waals surface area contributed by atoms with Crippen molar-refractivity contribution in [3.05, 3.63) is 0 Å². The van der Waals surface area contributed by atoms with E-state index in [1.54, 1.807) is 5.23 Å². The molecule has 0 aromatic heterocycles. The fraction of sp³-hybridized carbons (Fsp3) is 0.769. The molecule has 1 fully saturated rings. The minimum Gasteiger partial charge on any atom is -0.147 e. The largest absolute Gasteiger partial charge is 0.147 e. The number of hydrogen-bond donors (Lipinski definition) is 2. The predicted octanol–water partition coefficient (Wildman–Crippen LogP) is 0.617. The van der Waals surface area contributed by atoms with Crippen LogP contribution >= 0.6 is 24.8 Å². The molecule has 1 heterocycles. The van der Waals surface area contributed by atoms with Crippen LogP contribution in [0, 0.1) is 0 Å². The van der Waals surface area contributed by atoms with Crippen LogP contribution in [0.15, 0.2) is 0 Å². The monoisotopic (exact) mass is 392 g/mol. The van der Waals surface area contributed by atoms with Crippen molar-refractivity contribution in [2.24, 2.45) is 0 Å². The van der Waals surface area contributed by atoms with Crippen molar-refractivity contribution in [2.75, 3.05) is 39.3 Å². The Hall–Kier alpha value is 0.184. The van der Waals surface area contributed by atoms with Crippen molar-refractivity contribution in [2.45, 2.75) is 26.0 Å². The maximum Gasteiger partial charge on any atom is -0.147 e. The third-order valence-corrected chi connectivity index (χ3v) is 16.2. The minimum absolute atomic E-state index is 0. The Bertz CT molecular complexity index is 386. The zero-order valence-electron chi connectivity index (χ0n) is 13.7. The summed E-state index contributed by atoms with van der Waals surface area (Å²) < 4.78 is 1.25. The summed E-state index contributed by atoms with van der Waals surface area (Å²) >= 11 is -4.69. The fourth-order valence-corrected chi connectivity index (χ4v) is 9.44. The van der Waals surface area contributed by atoms with Gasteiger partial charge in [0.15, 0.2) is 0 Å². The van der Waals surface area contributed by atoms with Gasteiger partial charge in [-0.25, -0.2) is 0 Å². The Morgan fingerprint density at radius 3 is 1.36 bits per heavy atom.